The molecular weight excluding hydrogens is 299 g/mol. The number of anilines is 1. The van der Waals surface area contributed by atoms with E-state index < -0.39 is 0 Å². The average Bonchev–Trinajstić information content (AvgIpc) is 2.73. The van der Waals surface area contributed by atoms with E-state index in [0.29, 0.717) is 16.0 Å². The molecule has 0 aliphatic carbocycles. The minimum absolute atomic E-state index is 0.492. The molecule has 2 aromatic rings. The molecule has 1 fully saturated rings. The van der Waals surface area contributed by atoms with E-state index in [1.165, 1.54) is 0 Å². The van der Waals surface area contributed by atoms with E-state index in [0.717, 1.165) is 50.4 Å². The van der Waals surface area contributed by atoms with Crippen molar-refractivity contribution in [2.24, 2.45) is 0 Å². The fourth-order valence-electron chi connectivity index (χ4n) is 2.44. The number of hydrogen-bond acceptors (Lipinski definition) is 4. The Morgan fingerprint density at radius 3 is 2.60 bits per heavy atom. The predicted molar refractivity (Wildman–Crippen MR) is 81.4 cm³/mol. The largest absolute Gasteiger partial charge is 0.379 e. The predicted octanol–water partition coefficient (Wildman–Crippen LogP) is 2.26. The molecule has 2 N–H and O–H groups in total. The number of halogens is 2. The number of imidazole rings is 1. The van der Waals surface area contributed by atoms with Crippen molar-refractivity contribution in [2.45, 2.75) is 6.54 Å². The molecule has 1 saturated heterocycles. The summed E-state index contributed by atoms with van der Waals surface area (Å²) >= 11 is 12.1. The van der Waals surface area contributed by atoms with Crippen LogP contribution in [0.15, 0.2) is 12.1 Å². The highest BCUT2D eigenvalue weighted by Crippen LogP contribution is 2.28. The van der Waals surface area contributed by atoms with E-state index in [1.54, 1.807) is 6.07 Å². The molecule has 0 saturated carbocycles. The summed E-state index contributed by atoms with van der Waals surface area (Å²) in [7, 11) is 0. The lowest BCUT2D eigenvalue weighted by Gasteiger charge is -2.26. The molecule has 3 rings (SSSR count). The second-order valence-corrected chi connectivity index (χ2v) is 5.65. The van der Waals surface area contributed by atoms with E-state index in [-0.39, 0.29) is 0 Å². The first kappa shape index (κ1) is 13.9. The van der Waals surface area contributed by atoms with E-state index in [4.69, 9.17) is 33.7 Å². The molecule has 2 heterocycles. The monoisotopic (exact) mass is 314 g/mol. The van der Waals surface area contributed by atoms with Crippen LogP contribution in [0, 0.1) is 0 Å². The highest BCUT2D eigenvalue weighted by atomic mass is 35.5. The molecule has 0 bridgehead atoms. The first-order valence-corrected chi connectivity index (χ1v) is 7.31. The summed E-state index contributed by atoms with van der Waals surface area (Å²) in [6, 6.07) is 3.57. The van der Waals surface area contributed by atoms with Gasteiger partial charge < -0.3 is 15.0 Å². The van der Waals surface area contributed by atoms with Gasteiger partial charge in [-0.15, -0.1) is 0 Å². The van der Waals surface area contributed by atoms with Gasteiger partial charge in [-0.05, 0) is 12.1 Å². The number of benzene rings is 1. The number of morpholine rings is 1. The number of nitrogens with two attached hydrogens (primary N) is 1. The average molecular weight is 315 g/mol. The third kappa shape index (κ3) is 2.72. The lowest BCUT2D eigenvalue weighted by atomic mass is 10.3. The van der Waals surface area contributed by atoms with Crippen LogP contribution in [0.5, 0.6) is 0 Å². The van der Waals surface area contributed by atoms with Crippen molar-refractivity contribution < 1.29 is 4.74 Å². The third-order valence-electron chi connectivity index (χ3n) is 3.56. The Morgan fingerprint density at radius 1 is 1.15 bits per heavy atom. The van der Waals surface area contributed by atoms with Crippen LogP contribution in [-0.4, -0.2) is 47.3 Å². The zero-order valence-corrected chi connectivity index (χ0v) is 12.5. The lowest BCUT2D eigenvalue weighted by Crippen LogP contribution is -2.38. The third-order valence-corrected chi connectivity index (χ3v) is 4.29. The first-order chi connectivity index (χ1) is 9.65. The van der Waals surface area contributed by atoms with Gasteiger partial charge in [-0.25, -0.2) is 4.98 Å². The SMILES string of the molecule is Nc1nc2cc(Cl)c(Cl)cc2n1CCN1CCOCC1. The maximum atomic E-state index is 6.08. The van der Waals surface area contributed by atoms with Crippen LogP contribution in [0.4, 0.5) is 5.95 Å². The molecule has 7 heteroatoms. The summed E-state index contributed by atoms with van der Waals surface area (Å²) < 4.78 is 7.32. The van der Waals surface area contributed by atoms with Crippen LogP contribution in [0.3, 0.4) is 0 Å². The number of rotatable bonds is 3. The summed E-state index contributed by atoms with van der Waals surface area (Å²) in [5, 5.41) is 1.02. The van der Waals surface area contributed by atoms with Crippen molar-refractivity contribution in [1.29, 1.82) is 0 Å². The molecule has 20 heavy (non-hydrogen) atoms. The molecule has 5 nitrogen and oxygen atoms in total. The van der Waals surface area contributed by atoms with Crippen LogP contribution < -0.4 is 5.73 Å². The normalized spacial score (nSPS) is 16.9. The van der Waals surface area contributed by atoms with Crippen LogP contribution in [0.2, 0.25) is 10.0 Å². The molecule has 0 radical (unpaired) electrons. The van der Waals surface area contributed by atoms with Gasteiger partial charge in [-0.1, -0.05) is 23.2 Å². The van der Waals surface area contributed by atoms with Gasteiger partial charge in [0.15, 0.2) is 0 Å². The summed E-state index contributed by atoms with van der Waals surface area (Å²) in [4.78, 5) is 6.69. The molecule has 1 aliphatic rings. The molecule has 108 valence electrons. The molecule has 1 aromatic carbocycles. The number of nitrogen functional groups attached to an aromatic ring is 1. The Labute approximate surface area is 127 Å². The second-order valence-electron chi connectivity index (χ2n) is 4.83. The highest BCUT2D eigenvalue weighted by Gasteiger charge is 2.14. The van der Waals surface area contributed by atoms with Crippen LogP contribution in [0.25, 0.3) is 11.0 Å². The van der Waals surface area contributed by atoms with Gasteiger partial charge in [0.1, 0.15) is 0 Å². The summed E-state index contributed by atoms with van der Waals surface area (Å²) in [5.74, 6) is 0.492. The maximum Gasteiger partial charge on any atom is 0.201 e. The Morgan fingerprint density at radius 2 is 1.85 bits per heavy atom. The minimum atomic E-state index is 0.492. The van der Waals surface area contributed by atoms with Crippen molar-refractivity contribution in [3.63, 3.8) is 0 Å². The van der Waals surface area contributed by atoms with Crippen LogP contribution in [0.1, 0.15) is 0 Å². The topological polar surface area (TPSA) is 56.3 Å². The highest BCUT2D eigenvalue weighted by molar-refractivity contribution is 6.42. The van der Waals surface area contributed by atoms with Crippen molar-refractivity contribution in [3.8, 4) is 0 Å². The first-order valence-electron chi connectivity index (χ1n) is 6.56. The molecule has 1 aliphatic heterocycles. The van der Waals surface area contributed by atoms with Gasteiger partial charge in [0, 0.05) is 26.2 Å². The summed E-state index contributed by atoms with van der Waals surface area (Å²) in [6.45, 7) is 5.20. The van der Waals surface area contributed by atoms with Gasteiger partial charge in [-0.2, -0.15) is 0 Å². The Balaban J connectivity index is 1.83. The van der Waals surface area contributed by atoms with Gasteiger partial charge in [0.05, 0.1) is 34.3 Å². The molecule has 0 amide bonds. The fraction of sp³-hybridized carbons (Fsp3) is 0.462. The summed E-state index contributed by atoms with van der Waals surface area (Å²) in [5.41, 5.74) is 7.69. The Bertz CT molecular complexity index is 622. The standard InChI is InChI=1S/C13H16Cl2N4O/c14-9-7-11-12(8-10(9)15)19(13(16)17-11)2-1-18-3-5-20-6-4-18/h7-8H,1-6H2,(H2,16,17). The Kier molecular flexibility index (Phi) is 4.03. The smallest absolute Gasteiger partial charge is 0.201 e. The zero-order chi connectivity index (χ0) is 14.1. The molecule has 1 aromatic heterocycles. The lowest BCUT2D eigenvalue weighted by molar-refractivity contribution is 0.0366. The van der Waals surface area contributed by atoms with E-state index >= 15 is 0 Å². The van der Waals surface area contributed by atoms with Crippen LogP contribution in [-0.2, 0) is 11.3 Å². The summed E-state index contributed by atoms with van der Waals surface area (Å²) in [6.07, 6.45) is 0. The molecule has 0 atom stereocenters. The van der Waals surface area contributed by atoms with Crippen molar-refractivity contribution >= 4 is 40.2 Å². The fourth-order valence-corrected chi connectivity index (χ4v) is 2.76. The van der Waals surface area contributed by atoms with E-state index in [2.05, 4.69) is 9.88 Å². The second kappa shape index (κ2) is 5.77. The Hall–Kier alpha value is -1.01. The van der Waals surface area contributed by atoms with Gasteiger partial charge in [-0.3, -0.25) is 4.90 Å². The zero-order valence-electron chi connectivity index (χ0n) is 11.0. The van der Waals surface area contributed by atoms with Crippen molar-refractivity contribution in [2.75, 3.05) is 38.6 Å². The number of nitrogens with zero attached hydrogens (tertiary/aromatic N) is 3. The molecular formula is C13H16Cl2N4O. The number of aromatic nitrogens is 2. The van der Waals surface area contributed by atoms with Crippen molar-refractivity contribution in [1.82, 2.24) is 14.5 Å². The van der Waals surface area contributed by atoms with Crippen LogP contribution >= 0.6 is 23.2 Å². The van der Waals surface area contributed by atoms with E-state index in [1.807, 2.05) is 10.6 Å². The number of fused-ring (bicyclic) bond motifs is 1. The van der Waals surface area contributed by atoms with Crippen molar-refractivity contribution in [3.05, 3.63) is 22.2 Å². The molecule has 0 unspecified atom stereocenters. The number of ether oxygens (including phenoxy) is 1. The quantitative estimate of drug-likeness (QED) is 0.944. The van der Waals surface area contributed by atoms with Gasteiger partial charge in [0.25, 0.3) is 0 Å². The number of hydrogen-bond donors (Lipinski definition) is 1. The minimum Gasteiger partial charge on any atom is -0.379 e. The maximum absolute atomic E-state index is 6.08. The van der Waals surface area contributed by atoms with Gasteiger partial charge in [0.2, 0.25) is 5.95 Å². The van der Waals surface area contributed by atoms with Gasteiger partial charge >= 0.3 is 0 Å². The van der Waals surface area contributed by atoms with E-state index in [9.17, 15) is 0 Å². The molecule has 0 spiro atoms.